The lowest BCUT2D eigenvalue weighted by Crippen LogP contribution is -2.48. The second kappa shape index (κ2) is 5.56. The van der Waals surface area contributed by atoms with Crippen LogP contribution in [0.25, 0.3) is 0 Å². The summed E-state index contributed by atoms with van der Waals surface area (Å²) in [5.41, 5.74) is 6.22. The van der Waals surface area contributed by atoms with Crippen LogP contribution in [-0.4, -0.2) is 24.0 Å². The second-order valence-electron chi connectivity index (χ2n) is 4.69. The minimum absolute atomic E-state index is 0.150. The van der Waals surface area contributed by atoms with Crippen LogP contribution in [0.4, 0.5) is 8.78 Å². The van der Waals surface area contributed by atoms with E-state index in [1.54, 1.807) is 0 Å². The van der Waals surface area contributed by atoms with Gasteiger partial charge in [0.1, 0.15) is 11.6 Å². The van der Waals surface area contributed by atoms with Gasteiger partial charge in [-0.1, -0.05) is 6.92 Å². The zero-order valence-corrected chi connectivity index (χ0v) is 10.6. The first-order valence-corrected chi connectivity index (χ1v) is 5.77. The predicted molar refractivity (Wildman–Crippen MR) is 65.6 cm³/mol. The Morgan fingerprint density at radius 3 is 2.18 bits per heavy atom. The molecule has 0 aliphatic heterocycles. The molecule has 1 rings (SSSR count). The molecule has 0 aliphatic carbocycles. The fourth-order valence-electron chi connectivity index (χ4n) is 1.74. The van der Waals surface area contributed by atoms with Gasteiger partial charge in [-0.25, -0.2) is 8.78 Å². The lowest BCUT2D eigenvalue weighted by atomic mass is 9.96. The highest BCUT2D eigenvalue weighted by Gasteiger charge is 2.25. The van der Waals surface area contributed by atoms with E-state index < -0.39 is 11.6 Å². The highest BCUT2D eigenvalue weighted by Crippen LogP contribution is 2.19. The summed E-state index contributed by atoms with van der Waals surface area (Å²) in [6, 6.07) is 3.59. The first-order chi connectivity index (χ1) is 7.91. The number of rotatable bonds is 5. The Bertz CT molecular complexity index is 355. The molecule has 0 bridgehead atoms. The lowest BCUT2D eigenvalue weighted by Gasteiger charge is -2.37. The van der Waals surface area contributed by atoms with Gasteiger partial charge < -0.3 is 5.73 Å². The summed E-state index contributed by atoms with van der Waals surface area (Å²) < 4.78 is 26.1. The highest BCUT2D eigenvalue weighted by molar-refractivity contribution is 5.18. The summed E-state index contributed by atoms with van der Waals surface area (Å²) in [6.07, 6.45) is 0.887. The average Bonchev–Trinajstić information content (AvgIpc) is 2.26. The van der Waals surface area contributed by atoms with E-state index in [0.29, 0.717) is 18.7 Å². The lowest BCUT2D eigenvalue weighted by molar-refractivity contribution is 0.131. The van der Waals surface area contributed by atoms with Crippen molar-refractivity contribution in [3.05, 3.63) is 35.4 Å². The van der Waals surface area contributed by atoms with Gasteiger partial charge >= 0.3 is 0 Å². The molecule has 0 spiro atoms. The molecule has 4 heteroatoms. The predicted octanol–water partition coefficient (Wildman–Crippen LogP) is 2.52. The number of halogens is 2. The van der Waals surface area contributed by atoms with Gasteiger partial charge in [-0.2, -0.15) is 0 Å². The van der Waals surface area contributed by atoms with Gasteiger partial charge in [-0.3, -0.25) is 4.90 Å². The minimum atomic E-state index is -0.542. The Hall–Kier alpha value is -1.00. The third kappa shape index (κ3) is 3.48. The summed E-state index contributed by atoms with van der Waals surface area (Å²) in [7, 11) is 1.92. The van der Waals surface area contributed by atoms with Crippen LogP contribution in [0.5, 0.6) is 0 Å². The molecule has 0 fully saturated rings. The van der Waals surface area contributed by atoms with E-state index in [0.717, 1.165) is 12.5 Å². The van der Waals surface area contributed by atoms with Gasteiger partial charge in [0.05, 0.1) is 0 Å². The van der Waals surface area contributed by atoms with Crippen molar-refractivity contribution >= 4 is 0 Å². The molecule has 0 saturated heterocycles. The maximum Gasteiger partial charge on any atom is 0.126 e. The smallest absolute Gasteiger partial charge is 0.126 e. The third-order valence-electron chi connectivity index (χ3n) is 3.47. The first kappa shape index (κ1) is 14.1. The van der Waals surface area contributed by atoms with Gasteiger partial charge in [-0.05, 0) is 38.1 Å². The van der Waals surface area contributed by atoms with Gasteiger partial charge in [0, 0.05) is 24.7 Å². The largest absolute Gasteiger partial charge is 0.329 e. The average molecular weight is 242 g/mol. The Labute approximate surface area is 101 Å². The Morgan fingerprint density at radius 2 is 1.76 bits per heavy atom. The highest BCUT2D eigenvalue weighted by atomic mass is 19.1. The van der Waals surface area contributed by atoms with Crippen LogP contribution in [0, 0.1) is 11.6 Å². The summed E-state index contributed by atoms with van der Waals surface area (Å²) in [5, 5.41) is 0. The van der Waals surface area contributed by atoms with E-state index in [9.17, 15) is 8.78 Å². The normalized spacial score (nSPS) is 15.0. The van der Waals surface area contributed by atoms with Crippen LogP contribution in [0.15, 0.2) is 18.2 Å². The van der Waals surface area contributed by atoms with Crippen LogP contribution >= 0.6 is 0 Å². The van der Waals surface area contributed by atoms with E-state index in [4.69, 9.17) is 5.73 Å². The number of hydrogen-bond acceptors (Lipinski definition) is 2. The van der Waals surface area contributed by atoms with Crippen LogP contribution < -0.4 is 5.73 Å². The number of benzene rings is 1. The molecular weight excluding hydrogens is 222 g/mol. The van der Waals surface area contributed by atoms with E-state index in [2.05, 4.69) is 6.92 Å². The summed E-state index contributed by atoms with van der Waals surface area (Å²) in [5.74, 6) is -1.08. The minimum Gasteiger partial charge on any atom is -0.329 e. The van der Waals surface area contributed by atoms with Gasteiger partial charge in [0.15, 0.2) is 0 Å². The van der Waals surface area contributed by atoms with Crippen molar-refractivity contribution in [3.63, 3.8) is 0 Å². The Morgan fingerprint density at radius 1 is 1.24 bits per heavy atom. The van der Waals surface area contributed by atoms with Crippen LogP contribution in [0.2, 0.25) is 0 Å². The monoisotopic (exact) mass is 242 g/mol. The molecule has 0 saturated carbocycles. The first-order valence-electron chi connectivity index (χ1n) is 5.77. The van der Waals surface area contributed by atoms with Crippen molar-refractivity contribution in [1.82, 2.24) is 4.90 Å². The molecule has 1 aromatic carbocycles. The molecule has 0 aliphatic rings. The van der Waals surface area contributed by atoms with Crippen molar-refractivity contribution in [3.8, 4) is 0 Å². The maximum absolute atomic E-state index is 13.1. The molecule has 1 atom stereocenters. The van der Waals surface area contributed by atoms with E-state index in [1.165, 1.54) is 12.1 Å². The number of hydrogen-bond donors (Lipinski definition) is 1. The summed E-state index contributed by atoms with van der Waals surface area (Å²) in [6.45, 7) is 5.09. The molecule has 17 heavy (non-hydrogen) atoms. The number of nitrogens with two attached hydrogens (primary N) is 1. The quantitative estimate of drug-likeness (QED) is 0.859. The second-order valence-corrected chi connectivity index (χ2v) is 4.69. The van der Waals surface area contributed by atoms with Crippen molar-refractivity contribution in [2.24, 2.45) is 5.73 Å². The zero-order chi connectivity index (χ0) is 13.1. The molecule has 0 radical (unpaired) electrons. The molecule has 96 valence electrons. The van der Waals surface area contributed by atoms with Gasteiger partial charge in [0.25, 0.3) is 0 Å². The number of likely N-dealkylation sites (N-methyl/N-ethyl adjacent to an activating group) is 1. The van der Waals surface area contributed by atoms with E-state index in [-0.39, 0.29) is 5.54 Å². The molecule has 2 N–H and O–H groups in total. The molecule has 0 heterocycles. The molecule has 1 unspecified atom stereocenters. The van der Waals surface area contributed by atoms with Crippen molar-refractivity contribution in [1.29, 1.82) is 0 Å². The Balaban J connectivity index is 2.83. The molecule has 1 aromatic rings. The third-order valence-corrected chi connectivity index (χ3v) is 3.47. The van der Waals surface area contributed by atoms with Crippen molar-refractivity contribution in [2.45, 2.75) is 32.4 Å². The molecule has 0 amide bonds. The van der Waals surface area contributed by atoms with Crippen LogP contribution in [0.3, 0.4) is 0 Å². The standard InChI is InChI=1S/C13H20F2N2/c1-4-13(2,9-16)17(3)8-10-5-11(14)7-12(15)6-10/h5-7H,4,8-9,16H2,1-3H3. The van der Waals surface area contributed by atoms with Crippen LogP contribution in [0.1, 0.15) is 25.8 Å². The molecule has 0 aromatic heterocycles. The van der Waals surface area contributed by atoms with Crippen LogP contribution in [-0.2, 0) is 6.54 Å². The van der Waals surface area contributed by atoms with Crippen molar-refractivity contribution in [2.75, 3.05) is 13.6 Å². The van der Waals surface area contributed by atoms with Gasteiger partial charge in [0.2, 0.25) is 0 Å². The van der Waals surface area contributed by atoms with Crippen molar-refractivity contribution < 1.29 is 8.78 Å². The topological polar surface area (TPSA) is 29.3 Å². The molecular formula is C13H20F2N2. The SMILES string of the molecule is CCC(C)(CN)N(C)Cc1cc(F)cc(F)c1. The Kier molecular flexibility index (Phi) is 4.60. The van der Waals surface area contributed by atoms with E-state index >= 15 is 0 Å². The maximum atomic E-state index is 13.1. The molecule has 2 nitrogen and oxygen atoms in total. The van der Waals surface area contributed by atoms with E-state index in [1.807, 2.05) is 18.9 Å². The fraction of sp³-hybridized carbons (Fsp3) is 0.538. The summed E-state index contributed by atoms with van der Waals surface area (Å²) in [4.78, 5) is 2.03. The number of nitrogens with zero attached hydrogens (tertiary/aromatic N) is 1. The summed E-state index contributed by atoms with van der Waals surface area (Å²) >= 11 is 0. The fourth-order valence-corrected chi connectivity index (χ4v) is 1.74. The zero-order valence-electron chi connectivity index (χ0n) is 10.6. The van der Waals surface area contributed by atoms with Gasteiger partial charge in [-0.15, -0.1) is 0 Å².